The Balaban J connectivity index is 1.34. The lowest BCUT2D eigenvalue weighted by Crippen LogP contribution is -2.12. The number of anilines is 1. The summed E-state index contributed by atoms with van der Waals surface area (Å²) in [4.78, 5) is 20.9. The van der Waals surface area contributed by atoms with Gasteiger partial charge in [-0.2, -0.15) is 4.98 Å². The summed E-state index contributed by atoms with van der Waals surface area (Å²) in [5.41, 5.74) is 1.98. The first-order valence-electron chi connectivity index (χ1n) is 9.02. The monoisotopic (exact) mass is 410 g/mol. The van der Waals surface area contributed by atoms with Crippen LogP contribution in [0.2, 0.25) is 5.02 Å². The average molecular weight is 411 g/mol. The summed E-state index contributed by atoms with van der Waals surface area (Å²) >= 11 is 6.15. The number of hydrogen-bond acceptors (Lipinski definition) is 5. The minimum absolute atomic E-state index is 0.129. The second-order valence-electron chi connectivity index (χ2n) is 6.41. The van der Waals surface area contributed by atoms with Crippen LogP contribution in [-0.4, -0.2) is 21.0 Å². The largest absolute Gasteiger partial charge is 0.339 e. The number of amides is 1. The summed E-state index contributed by atoms with van der Waals surface area (Å²) in [5.74, 6) is 0.367. The Bertz CT molecular complexity index is 1160. The van der Waals surface area contributed by atoms with E-state index in [0.29, 0.717) is 52.8 Å². The zero-order chi connectivity index (χ0) is 20.2. The fourth-order valence-electron chi connectivity index (χ4n) is 2.93. The number of hydrogen-bond donors (Lipinski definition) is 1. The Morgan fingerprint density at radius 3 is 2.79 bits per heavy atom. The van der Waals surface area contributed by atoms with Gasteiger partial charge in [0.2, 0.25) is 17.6 Å². The van der Waals surface area contributed by atoms with Crippen molar-refractivity contribution in [3.63, 3.8) is 0 Å². The van der Waals surface area contributed by atoms with Gasteiger partial charge in [-0.25, -0.2) is 4.39 Å². The van der Waals surface area contributed by atoms with Crippen molar-refractivity contribution in [2.24, 2.45) is 0 Å². The highest BCUT2D eigenvalue weighted by molar-refractivity contribution is 6.35. The number of rotatable bonds is 6. The summed E-state index contributed by atoms with van der Waals surface area (Å²) in [7, 11) is 0. The fraction of sp³-hybridized carbons (Fsp3) is 0.143. The smallest absolute Gasteiger partial charge is 0.226 e. The van der Waals surface area contributed by atoms with E-state index >= 15 is 0 Å². The number of halogens is 2. The lowest BCUT2D eigenvalue weighted by Gasteiger charge is -2.09. The van der Waals surface area contributed by atoms with Crippen LogP contribution in [0.5, 0.6) is 0 Å². The molecule has 0 unspecified atom stereocenters. The van der Waals surface area contributed by atoms with Crippen molar-refractivity contribution in [3.05, 3.63) is 71.5 Å². The van der Waals surface area contributed by atoms with E-state index in [1.165, 1.54) is 12.1 Å². The van der Waals surface area contributed by atoms with E-state index in [-0.39, 0.29) is 11.7 Å². The van der Waals surface area contributed by atoms with Gasteiger partial charge in [-0.1, -0.05) is 16.8 Å². The zero-order valence-corrected chi connectivity index (χ0v) is 16.0. The number of benzene rings is 2. The van der Waals surface area contributed by atoms with Gasteiger partial charge in [0.15, 0.2) is 0 Å². The van der Waals surface area contributed by atoms with Crippen LogP contribution >= 0.6 is 11.6 Å². The van der Waals surface area contributed by atoms with Gasteiger partial charge < -0.3 is 9.84 Å². The summed E-state index contributed by atoms with van der Waals surface area (Å²) in [6.07, 6.45) is 2.95. The summed E-state index contributed by atoms with van der Waals surface area (Å²) in [5, 5.41) is 8.11. The van der Waals surface area contributed by atoms with E-state index in [0.717, 1.165) is 5.39 Å². The van der Waals surface area contributed by atoms with Crippen molar-refractivity contribution < 1.29 is 13.7 Å². The summed E-state index contributed by atoms with van der Waals surface area (Å²) in [6, 6.07) is 13.0. The predicted octanol–water partition coefficient (Wildman–Crippen LogP) is 5.04. The molecule has 2 aromatic heterocycles. The molecule has 0 saturated heterocycles. The van der Waals surface area contributed by atoms with Crippen molar-refractivity contribution in [2.45, 2.75) is 19.3 Å². The molecule has 0 atom stereocenters. The third-order valence-corrected chi connectivity index (χ3v) is 4.66. The highest BCUT2D eigenvalue weighted by atomic mass is 35.5. The topological polar surface area (TPSA) is 80.9 Å². The molecule has 1 N–H and O–H groups in total. The lowest BCUT2D eigenvalue weighted by molar-refractivity contribution is -0.116. The van der Waals surface area contributed by atoms with Gasteiger partial charge in [-0.15, -0.1) is 0 Å². The molecule has 0 bridgehead atoms. The van der Waals surface area contributed by atoms with Gasteiger partial charge >= 0.3 is 0 Å². The second kappa shape index (κ2) is 8.36. The third-order valence-electron chi connectivity index (χ3n) is 4.36. The first kappa shape index (κ1) is 19.0. The van der Waals surface area contributed by atoms with Crippen LogP contribution < -0.4 is 5.32 Å². The van der Waals surface area contributed by atoms with Gasteiger partial charge in [0.05, 0.1) is 16.2 Å². The molecule has 4 rings (SSSR count). The average Bonchev–Trinajstić information content (AvgIpc) is 3.20. The molecule has 0 saturated carbocycles. The number of carbonyl (C=O) groups is 1. The van der Waals surface area contributed by atoms with Gasteiger partial charge in [0, 0.05) is 30.0 Å². The highest BCUT2D eigenvalue weighted by Gasteiger charge is 2.11. The van der Waals surface area contributed by atoms with Gasteiger partial charge in [-0.3, -0.25) is 9.78 Å². The molecule has 1 amide bonds. The Labute approximate surface area is 170 Å². The Kier molecular flexibility index (Phi) is 5.48. The molecule has 0 spiro atoms. The van der Waals surface area contributed by atoms with Crippen molar-refractivity contribution in [2.75, 3.05) is 5.32 Å². The number of aromatic nitrogens is 3. The number of nitrogens with one attached hydrogen (secondary N) is 1. The van der Waals surface area contributed by atoms with Crippen molar-refractivity contribution in [3.8, 4) is 11.4 Å². The summed E-state index contributed by atoms with van der Waals surface area (Å²) < 4.78 is 18.2. The molecular weight excluding hydrogens is 395 g/mol. The van der Waals surface area contributed by atoms with E-state index in [2.05, 4.69) is 20.4 Å². The molecule has 8 heteroatoms. The van der Waals surface area contributed by atoms with Crippen molar-refractivity contribution in [1.29, 1.82) is 0 Å². The van der Waals surface area contributed by atoms with Crippen LogP contribution in [0, 0.1) is 5.82 Å². The fourth-order valence-corrected chi connectivity index (χ4v) is 3.15. The Morgan fingerprint density at radius 2 is 1.97 bits per heavy atom. The molecule has 4 aromatic rings. The maximum absolute atomic E-state index is 13.0. The molecule has 0 aliphatic rings. The molecular formula is C21H16ClFN4O2. The molecule has 6 nitrogen and oxygen atoms in total. The quantitative estimate of drug-likeness (QED) is 0.481. The van der Waals surface area contributed by atoms with Crippen molar-refractivity contribution >= 4 is 34.1 Å². The van der Waals surface area contributed by atoms with Gasteiger partial charge in [0.1, 0.15) is 5.82 Å². The predicted molar refractivity (Wildman–Crippen MR) is 108 cm³/mol. The molecule has 0 fully saturated rings. The zero-order valence-electron chi connectivity index (χ0n) is 15.2. The lowest BCUT2D eigenvalue weighted by atomic mass is 10.1. The number of fused-ring (bicyclic) bond motifs is 1. The third kappa shape index (κ3) is 4.41. The Hall–Kier alpha value is -3.32. The first-order chi connectivity index (χ1) is 14.1. The number of nitrogens with zero attached hydrogens (tertiary/aromatic N) is 3. The number of carbonyl (C=O) groups excluding carboxylic acids is 1. The normalized spacial score (nSPS) is 11.0. The van der Waals surface area contributed by atoms with E-state index < -0.39 is 0 Å². The van der Waals surface area contributed by atoms with Crippen LogP contribution in [0.15, 0.2) is 59.3 Å². The van der Waals surface area contributed by atoms with Crippen LogP contribution in [0.3, 0.4) is 0 Å². The second-order valence-corrected chi connectivity index (χ2v) is 6.82. The summed E-state index contributed by atoms with van der Waals surface area (Å²) in [6.45, 7) is 0. The first-order valence-corrected chi connectivity index (χ1v) is 9.39. The van der Waals surface area contributed by atoms with Crippen LogP contribution in [0.1, 0.15) is 18.7 Å². The number of aryl methyl sites for hydroxylation is 1. The van der Waals surface area contributed by atoms with Gasteiger partial charge in [-0.05, 0) is 55.0 Å². The molecule has 146 valence electrons. The highest BCUT2D eigenvalue weighted by Crippen LogP contribution is 2.28. The molecule has 0 aliphatic heterocycles. The maximum atomic E-state index is 13.0. The minimum atomic E-state index is -0.326. The van der Waals surface area contributed by atoms with Gasteiger partial charge in [0.25, 0.3) is 0 Å². The Morgan fingerprint density at radius 1 is 1.14 bits per heavy atom. The van der Waals surface area contributed by atoms with E-state index in [1.807, 2.05) is 6.07 Å². The van der Waals surface area contributed by atoms with Crippen LogP contribution in [-0.2, 0) is 11.2 Å². The van der Waals surface area contributed by atoms with E-state index in [1.54, 1.807) is 36.5 Å². The van der Waals surface area contributed by atoms with Crippen molar-refractivity contribution in [1.82, 2.24) is 15.1 Å². The van der Waals surface area contributed by atoms with E-state index in [9.17, 15) is 9.18 Å². The standard InChI is InChI=1S/C21H16ClFN4O2/c22-16-10-11-17(15-3-2-12-24-20(15)16)25-18(28)4-1-5-19-26-21(27-29-19)13-6-8-14(23)9-7-13/h2-3,6-12H,1,4-5H2,(H,25,28). The van der Waals surface area contributed by atoms with E-state index in [4.69, 9.17) is 16.1 Å². The maximum Gasteiger partial charge on any atom is 0.226 e. The molecule has 0 aliphatic carbocycles. The minimum Gasteiger partial charge on any atom is -0.339 e. The molecule has 0 radical (unpaired) electrons. The molecule has 29 heavy (non-hydrogen) atoms. The molecule has 2 heterocycles. The van der Waals surface area contributed by atoms with Crippen LogP contribution in [0.4, 0.5) is 10.1 Å². The SMILES string of the molecule is O=C(CCCc1nc(-c2ccc(F)cc2)no1)Nc1ccc(Cl)c2ncccc12. The van der Waals surface area contributed by atoms with Crippen LogP contribution in [0.25, 0.3) is 22.3 Å². The number of pyridine rings is 1. The molecule has 2 aromatic carbocycles.